The summed E-state index contributed by atoms with van der Waals surface area (Å²) in [6.07, 6.45) is 0. The van der Waals surface area contributed by atoms with E-state index >= 15 is 0 Å². The molecule has 0 amide bonds. The van der Waals surface area contributed by atoms with E-state index in [0.29, 0.717) is 18.8 Å². The number of hydrogen-bond acceptors (Lipinski definition) is 4. The summed E-state index contributed by atoms with van der Waals surface area (Å²) in [7, 11) is 0. The molecule has 74 valence electrons. The van der Waals surface area contributed by atoms with Gasteiger partial charge in [0.2, 0.25) is 0 Å². The SMILES string of the molecule is N#Cc1ccc(NC2(C#N)COC2)cc1. The molecule has 1 saturated heterocycles. The van der Waals surface area contributed by atoms with Gasteiger partial charge in [0.15, 0.2) is 5.54 Å². The van der Waals surface area contributed by atoms with Gasteiger partial charge in [0.05, 0.1) is 30.9 Å². The van der Waals surface area contributed by atoms with Gasteiger partial charge < -0.3 is 10.1 Å². The molecule has 0 saturated carbocycles. The van der Waals surface area contributed by atoms with Crippen LogP contribution in [-0.2, 0) is 4.74 Å². The number of rotatable bonds is 2. The van der Waals surface area contributed by atoms with Crippen molar-refractivity contribution in [2.45, 2.75) is 5.54 Å². The Morgan fingerprint density at radius 1 is 1.20 bits per heavy atom. The normalized spacial score (nSPS) is 16.9. The predicted octanol–water partition coefficient (Wildman–Crippen LogP) is 1.26. The quantitative estimate of drug-likeness (QED) is 0.778. The Balaban J connectivity index is 2.12. The molecule has 2 rings (SSSR count). The van der Waals surface area contributed by atoms with Crippen LogP contribution in [0.15, 0.2) is 24.3 Å². The van der Waals surface area contributed by atoms with Gasteiger partial charge in [-0.1, -0.05) is 0 Å². The van der Waals surface area contributed by atoms with E-state index in [1.807, 2.05) is 6.07 Å². The standard InChI is InChI=1S/C11H9N3O/c12-5-9-1-3-10(4-2-9)14-11(6-13)7-15-8-11/h1-4,14H,7-8H2. The molecular weight excluding hydrogens is 190 g/mol. The van der Waals surface area contributed by atoms with Crippen LogP contribution in [0.2, 0.25) is 0 Å². The molecule has 1 aliphatic rings. The molecule has 1 aromatic rings. The van der Waals surface area contributed by atoms with E-state index in [1.54, 1.807) is 24.3 Å². The van der Waals surface area contributed by atoms with Crippen molar-refractivity contribution in [2.75, 3.05) is 18.5 Å². The van der Waals surface area contributed by atoms with Gasteiger partial charge >= 0.3 is 0 Å². The average Bonchev–Trinajstić information content (AvgIpc) is 2.24. The largest absolute Gasteiger partial charge is 0.374 e. The second kappa shape index (κ2) is 3.61. The summed E-state index contributed by atoms with van der Waals surface area (Å²) in [5, 5.41) is 20.7. The molecule has 0 aromatic heterocycles. The molecule has 1 aliphatic heterocycles. The summed E-state index contributed by atoms with van der Waals surface area (Å²) >= 11 is 0. The second-order valence-corrected chi connectivity index (χ2v) is 3.50. The summed E-state index contributed by atoms with van der Waals surface area (Å²) < 4.78 is 5.01. The van der Waals surface area contributed by atoms with Gasteiger partial charge in [0.1, 0.15) is 0 Å². The Labute approximate surface area is 87.7 Å². The van der Waals surface area contributed by atoms with Crippen LogP contribution in [0.1, 0.15) is 5.56 Å². The van der Waals surface area contributed by atoms with Crippen LogP contribution in [-0.4, -0.2) is 18.8 Å². The van der Waals surface area contributed by atoms with Crippen molar-refractivity contribution in [3.63, 3.8) is 0 Å². The lowest BCUT2D eigenvalue weighted by Gasteiger charge is -2.36. The fourth-order valence-electron chi connectivity index (χ4n) is 1.38. The Kier molecular flexibility index (Phi) is 2.29. The minimum atomic E-state index is -0.589. The molecule has 0 spiro atoms. The Morgan fingerprint density at radius 3 is 2.27 bits per heavy atom. The van der Waals surface area contributed by atoms with Crippen LogP contribution in [0.4, 0.5) is 5.69 Å². The van der Waals surface area contributed by atoms with Crippen molar-refractivity contribution in [2.24, 2.45) is 0 Å². The summed E-state index contributed by atoms with van der Waals surface area (Å²) in [6.45, 7) is 0.813. The van der Waals surface area contributed by atoms with Crippen molar-refractivity contribution >= 4 is 5.69 Å². The van der Waals surface area contributed by atoms with Crippen molar-refractivity contribution in [1.29, 1.82) is 10.5 Å². The lowest BCUT2D eigenvalue weighted by atomic mass is 9.99. The van der Waals surface area contributed by atoms with Gasteiger partial charge in [0, 0.05) is 5.69 Å². The maximum Gasteiger partial charge on any atom is 0.172 e. The van der Waals surface area contributed by atoms with Gasteiger partial charge in [0.25, 0.3) is 0 Å². The zero-order valence-electron chi connectivity index (χ0n) is 8.03. The van der Waals surface area contributed by atoms with Crippen molar-refractivity contribution < 1.29 is 4.74 Å². The first kappa shape index (κ1) is 9.51. The van der Waals surface area contributed by atoms with Crippen molar-refractivity contribution in [3.8, 4) is 12.1 Å². The monoisotopic (exact) mass is 199 g/mol. The number of nitrogens with one attached hydrogen (secondary N) is 1. The molecule has 0 atom stereocenters. The third-order valence-corrected chi connectivity index (χ3v) is 2.31. The molecule has 0 aliphatic carbocycles. The van der Waals surface area contributed by atoms with Crippen molar-refractivity contribution in [3.05, 3.63) is 29.8 Å². The predicted molar refractivity (Wildman–Crippen MR) is 53.9 cm³/mol. The van der Waals surface area contributed by atoms with E-state index < -0.39 is 5.54 Å². The van der Waals surface area contributed by atoms with E-state index in [1.165, 1.54) is 0 Å². The first-order chi connectivity index (χ1) is 7.28. The number of anilines is 1. The van der Waals surface area contributed by atoms with Gasteiger partial charge in [-0.15, -0.1) is 0 Å². The van der Waals surface area contributed by atoms with Crippen LogP contribution in [0, 0.1) is 22.7 Å². The Hall–Kier alpha value is -2.04. The third kappa shape index (κ3) is 1.76. The van der Waals surface area contributed by atoms with Gasteiger partial charge in [-0.05, 0) is 24.3 Å². The highest BCUT2D eigenvalue weighted by Gasteiger charge is 2.38. The molecule has 1 fully saturated rings. The Bertz CT molecular complexity index is 434. The maximum atomic E-state index is 8.95. The fraction of sp³-hybridized carbons (Fsp3) is 0.273. The number of ether oxygens (including phenoxy) is 1. The summed E-state index contributed by atoms with van der Waals surface area (Å²) in [6, 6.07) is 11.2. The summed E-state index contributed by atoms with van der Waals surface area (Å²) in [5.41, 5.74) is 0.851. The topological polar surface area (TPSA) is 68.8 Å². The lowest BCUT2D eigenvalue weighted by molar-refractivity contribution is -0.0132. The lowest BCUT2D eigenvalue weighted by Crippen LogP contribution is -2.54. The van der Waals surface area contributed by atoms with Gasteiger partial charge in [-0.3, -0.25) is 0 Å². The highest BCUT2D eigenvalue weighted by atomic mass is 16.5. The molecule has 1 N–H and O–H groups in total. The van der Waals surface area contributed by atoms with Gasteiger partial charge in [-0.25, -0.2) is 0 Å². The highest BCUT2D eigenvalue weighted by Crippen LogP contribution is 2.22. The third-order valence-electron chi connectivity index (χ3n) is 2.31. The molecule has 0 radical (unpaired) electrons. The number of nitriles is 2. The minimum Gasteiger partial charge on any atom is -0.374 e. The molecule has 4 heteroatoms. The number of hydrogen-bond donors (Lipinski definition) is 1. The molecule has 1 heterocycles. The highest BCUT2D eigenvalue weighted by molar-refractivity contribution is 5.51. The number of benzene rings is 1. The average molecular weight is 199 g/mol. The Morgan fingerprint density at radius 2 is 1.87 bits per heavy atom. The van der Waals surface area contributed by atoms with Crippen LogP contribution in [0.25, 0.3) is 0 Å². The second-order valence-electron chi connectivity index (χ2n) is 3.50. The maximum absolute atomic E-state index is 8.95. The van der Waals surface area contributed by atoms with Crippen LogP contribution < -0.4 is 5.32 Å². The molecule has 1 aromatic carbocycles. The smallest absolute Gasteiger partial charge is 0.172 e. The molecule has 4 nitrogen and oxygen atoms in total. The zero-order chi connectivity index (χ0) is 10.7. The summed E-state index contributed by atoms with van der Waals surface area (Å²) in [4.78, 5) is 0. The van der Waals surface area contributed by atoms with E-state index in [2.05, 4.69) is 11.4 Å². The molecule has 0 bridgehead atoms. The van der Waals surface area contributed by atoms with Gasteiger partial charge in [-0.2, -0.15) is 10.5 Å². The minimum absolute atomic E-state index is 0.406. The number of nitrogens with zero attached hydrogens (tertiary/aromatic N) is 2. The molecule has 15 heavy (non-hydrogen) atoms. The van der Waals surface area contributed by atoms with Crippen LogP contribution in [0.3, 0.4) is 0 Å². The van der Waals surface area contributed by atoms with E-state index in [-0.39, 0.29) is 0 Å². The van der Waals surface area contributed by atoms with E-state index in [4.69, 9.17) is 15.3 Å². The summed E-state index contributed by atoms with van der Waals surface area (Å²) in [5.74, 6) is 0. The fourth-order valence-corrected chi connectivity index (χ4v) is 1.38. The van der Waals surface area contributed by atoms with Crippen molar-refractivity contribution in [1.82, 2.24) is 0 Å². The molecular formula is C11H9N3O. The van der Waals surface area contributed by atoms with Crippen LogP contribution in [0.5, 0.6) is 0 Å². The first-order valence-corrected chi connectivity index (χ1v) is 4.55. The van der Waals surface area contributed by atoms with E-state index in [9.17, 15) is 0 Å². The van der Waals surface area contributed by atoms with E-state index in [0.717, 1.165) is 5.69 Å². The first-order valence-electron chi connectivity index (χ1n) is 4.55. The molecule has 0 unspecified atom stereocenters. The zero-order valence-corrected chi connectivity index (χ0v) is 8.03. The van der Waals surface area contributed by atoms with Crippen LogP contribution >= 0.6 is 0 Å².